The van der Waals surface area contributed by atoms with Crippen molar-refractivity contribution in [2.75, 3.05) is 23.7 Å². The summed E-state index contributed by atoms with van der Waals surface area (Å²) in [6, 6.07) is 8.10. The predicted octanol–water partition coefficient (Wildman–Crippen LogP) is 2.48. The van der Waals surface area contributed by atoms with Crippen LogP contribution in [0, 0.1) is 0 Å². The van der Waals surface area contributed by atoms with Crippen molar-refractivity contribution < 1.29 is 9.53 Å². The standard InChI is InChI=1S/C20H23N5O2S/c21-13-3-7-25(8-4-13)14-9-15(27-11-12-1-5-24-6-2-12)17-16(10-14)28-19(18(17)22)20(23)26/h1-2,5-6,9-10,13H,3-4,7-8,11,21-22H2,(H2,23,26). The molecule has 7 nitrogen and oxygen atoms in total. The summed E-state index contributed by atoms with van der Waals surface area (Å²) in [6.45, 7) is 2.16. The van der Waals surface area contributed by atoms with Gasteiger partial charge in [0.25, 0.3) is 5.91 Å². The molecule has 4 rings (SSSR count). The maximum absolute atomic E-state index is 11.8. The maximum Gasteiger partial charge on any atom is 0.260 e. The van der Waals surface area contributed by atoms with Gasteiger partial charge in [0.1, 0.15) is 17.2 Å². The summed E-state index contributed by atoms with van der Waals surface area (Å²) in [7, 11) is 0. The molecule has 0 aliphatic carbocycles. The number of piperidine rings is 1. The molecule has 0 bridgehead atoms. The Labute approximate surface area is 167 Å². The zero-order valence-corrected chi connectivity index (χ0v) is 16.2. The summed E-state index contributed by atoms with van der Waals surface area (Å²) in [5.74, 6) is 0.129. The normalized spacial score (nSPS) is 15.1. The quantitative estimate of drug-likeness (QED) is 0.608. The molecule has 1 aliphatic heterocycles. The Morgan fingerprint density at radius 2 is 1.96 bits per heavy atom. The zero-order valence-electron chi connectivity index (χ0n) is 15.4. The van der Waals surface area contributed by atoms with Crippen molar-refractivity contribution in [3.63, 3.8) is 0 Å². The van der Waals surface area contributed by atoms with Gasteiger partial charge in [-0.2, -0.15) is 0 Å². The number of aromatic nitrogens is 1. The molecule has 0 saturated carbocycles. The van der Waals surface area contributed by atoms with Gasteiger partial charge in [0.05, 0.1) is 11.1 Å². The van der Waals surface area contributed by atoms with Crippen molar-refractivity contribution in [1.82, 2.24) is 4.98 Å². The van der Waals surface area contributed by atoms with E-state index < -0.39 is 5.91 Å². The molecule has 28 heavy (non-hydrogen) atoms. The highest BCUT2D eigenvalue weighted by atomic mass is 32.1. The van der Waals surface area contributed by atoms with E-state index in [2.05, 4.69) is 16.0 Å². The number of amides is 1. The van der Waals surface area contributed by atoms with Gasteiger partial charge in [-0.05, 0) is 36.6 Å². The minimum Gasteiger partial charge on any atom is -0.488 e. The highest BCUT2D eigenvalue weighted by molar-refractivity contribution is 7.21. The van der Waals surface area contributed by atoms with Crippen molar-refractivity contribution >= 4 is 38.7 Å². The molecule has 1 aliphatic rings. The second-order valence-corrected chi connectivity index (χ2v) is 8.05. The topological polar surface area (TPSA) is 120 Å². The Balaban J connectivity index is 1.74. The molecule has 0 unspecified atom stereocenters. The van der Waals surface area contributed by atoms with Gasteiger partial charge in [0, 0.05) is 48.0 Å². The van der Waals surface area contributed by atoms with E-state index in [1.165, 1.54) is 11.3 Å². The Bertz CT molecular complexity index is 997. The lowest BCUT2D eigenvalue weighted by atomic mass is 10.0. The number of nitrogens with zero attached hydrogens (tertiary/aromatic N) is 2. The second-order valence-electron chi connectivity index (χ2n) is 6.99. The molecule has 1 fully saturated rings. The molecule has 3 aromatic rings. The van der Waals surface area contributed by atoms with Gasteiger partial charge in [-0.25, -0.2) is 0 Å². The number of pyridine rings is 1. The number of thiophene rings is 1. The van der Waals surface area contributed by atoms with E-state index in [1.807, 2.05) is 18.2 Å². The first-order valence-electron chi connectivity index (χ1n) is 9.21. The fourth-order valence-electron chi connectivity index (χ4n) is 3.48. The van der Waals surface area contributed by atoms with E-state index in [1.54, 1.807) is 12.4 Å². The molecule has 0 radical (unpaired) electrons. The molecule has 0 spiro atoms. The van der Waals surface area contributed by atoms with Gasteiger partial charge >= 0.3 is 0 Å². The zero-order chi connectivity index (χ0) is 19.7. The van der Waals surface area contributed by atoms with Gasteiger partial charge < -0.3 is 26.8 Å². The summed E-state index contributed by atoms with van der Waals surface area (Å²) in [5.41, 5.74) is 20.2. The summed E-state index contributed by atoms with van der Waals surface area (Å²) in [5, 5.41) is 0.741. The number of rotatable bonds is 5. The van der Waals surface area contributed by atoms with E-state index in [-0.39, 0.29) is 6.04 Å². The number of primary amides is 1. The van der Waals surface area contributed by atoms with Gasteiger partial charge in [-0.1, -0.05) is 0 Å². The average Bonchev–Trinajstić information content (AvgIpc) is 3.04. The maximum atomic E-state index is 11.8. The molecule has 1 aromatic carbocycles. The van der Waals surface area contributed by atoms with E-state index in [4.69, 9.17) is 21.9 Å². The van der Waals surface area contributed by atoms with Crippen LogP contribution in [-0.4, -0.2) is 30.0 Å². The molecule has 1 saturated heterocycles. The minimum atomic E-state index is -0.524. The predicted molar refractivity (Wildman–Crippen MR) is 113 cm³/mol. The number of carbonyl (C=O) groups is 1. The Morgan fingerprint density at radius 3 is 2.64 bits per heavy atom. The SMILES string of the molecule is NC(=O)c1sc2cc(N3CCC(N)CC3)cc(OCc3ccncc3)c2c1N. The molecule has 0 atom stereocenters. The highest BCUT2D eigenvalue weighted by Gasteiger charge is 2.22. The first-order valence-corrected chi connectivity index (χ1v) is 10.0. The number of ether oxygens (including phenoxy) is 1. The van der Waals surface area contributed by atoms with E-state index in [9.17, 15) is 4.79 Å². The molecule has 2 aromatic heterocycles. The molecule has 3 heterocycles. The lowest BCUT2D eigenvalue weighted by molar-refractivity contribution is 0.100. The monoisotopic (exact) mass is 397 g/mol. The Kier molecular flexibility index (Phi) is 5.06. The van der Waals surface area contributed by atoms with Crippen molar-refractivity contribution in [3.8, 4) is 5.75 Å². The van der Waals surface area contributed by atoms with Crippen LogP contribution in [0.3, 0.4) is 0 Å². The third-order valence-electron chi connectivity index (χ3n) is 5.05. The number of anilines is 2. The number of hydrogen-bond acceptors (Lipinski definition) is 7. The number of nitrogen functional groups attached to an aromatic ring is 1. The molecule has 8 heteroatoms. The number of benzene rings is 1. The number of nitrogens with two attached hydrogens (primary N) is 3. The van der Waals surface area contributed by atoms with Crippen LogP contribution in [0.25, 0.3) is 10.1 Å². The van der Waals surface area contributed by atoms with Crippen LogP contribution < -0.4 is 26.8 Å². The average molecular weight is 398 g/mol. The fourth-order valence-corrected chi connectivity index (χ4v) is 4.50. The van der Waals surface area contributed by atoms with E-state index in [0.717, 1.165) is 47.3 Å². The van der Waals surface area contributed by atoms with E-state index >= 15 is 0 Å². The summed E-state index contributed by atoms with van der Waals surface area (Å²) < 4.78 is 7.02. The first-order chi connectivity index (χ1) is 13.5. The number of fused-ring (bicyclic) bond motifs is 1. The molecular weight excluding hydrogens is 374 g/mol. The van der Waals surface area contributed by atoms with Crippen LogP contribution in [0.4, 0.5) is 11.4 Å². The van der Waals surface area contributed by atoms with Crippen molar-refractivity contribution in [2.24, 2.45) is 11.5 Å². The van der Waals surface area contributed by atoms with Gasteiger partial charge in [-0.3, -0.25) is 9.78 Å². The van der Waals surface area contributed by atoms with Gasteiger partial charge in [0.2, 0.25) is 0 Å². The number of hydrogen-bond donors (Lipinski definition) is 3. The van der Waals surface area contributed by atoms with Gasteiger partial charge in [0.15, 0.2) is 0 Å². The van der Waals surface area contributed by atoms with Crippen molar-refractivity contribution in [3.05, 3.63) is 47.1 Å². The van der Waals surface area contributed by atoms with Crippen LogP contribution in [0.1, 0.15) is 28.1 Å². The third kappa shape index (κ3) is 3.61. The van der Waals surface area contributed by atoms with E-state index in [0.29, 0.717) is 22.9 Å². The minimum absolute atomic E-state index is 0.251. The lowest BCUT2D eigenvalue weighted by Crippen LogP contribution is -2.39. The van der Waals surface area contributed by atoms with Crippen molar-refractivity contribution in [1.29, 1.82) is 0 Å². The molecule has 6 N–H and O–H groups in total. The third-order valence-corrected chi connectivity index (χ3v) is 6.22. The summed E-state index contributed by atoms with van der Waals surface area (Å²) >= 11 is 1.31. The number of carbonyl (C=O) groups excluding carboxylic acids is 1. The van der Waals surface area contributed by atoms with Crippen LogP contribution in [0.2, 0.25) is 0 Å². The molecular formula is C20H23N5O2S. The molecule has 146 valence electrons. The summed E-state index contributed by atoms with van der Waals surface area (Å²) in [6.07, 6.45) is 5.35. The smallest absolute Gasteiger partial charge is 0.260 e. The van der Waals surface area contributed by atoms with Gasteiger partial charge in [-0.15, -0.1) is 11.3 Å². The van der Waals surface area contributed by atoms with Crippen LogP contribution in [-0.2, 0) is 6.61 Å². The van der Waals surface area contributed by atoms with Crippen molar-refractivity contribution in [2.45, 2.75) is 25.5 Å². The Hall–Kier alpha value is -2.84. The molecule has 1 amide bonds. The second kappa shape index (κ2) is 7.65. The van der Waals surface area contributed by atoms with Crippen LogP contribution in [0.5, 0.6) is 5.75 Å². The Morgan fingerprint density at radius 1 is 1.25 bits per heavy atom. The highest BCUT2D eigenvalue weighted by Crippen LogP contribution is 2.43. The first kappa shape index (κ1) is 18.5. The fraction of sp³-hybridized carbons (Fsp3) is 0.300. The summed E-state index contributed by atoms with van der Waals surface area (Å²) in [4.78, 5) is 18.5. The largest absolute Gasteiger partial charge is 0.488 e. The lowest BCUT2D eigenvalue weighted by Gasteiger charge is -2.32. The van der Waals surface area contributed by atoms with Crippen LogP contribution >= 0.6 is 11.3 Å². The van der Waals surface area contributed by atoms with Crippen LogP contribution in [0.15, 0.2) is 36.7 Å².